The van der Waals surface area contributed by atoms with E-state index in [0.717, 1.165) is 12.0 Å². The van der Waals surface area contributed by atoms with E-state index in [1.54, 1.807) is 12.1 Å². The zero-order chi connectivity index (χ0) is 13.5. The van der Waals surface area contributed by atoms with E-state index in [-0.39, 0.29) is 11.6 Å². The molecule has 0 atom stereocenters. The lowest BCUT2D eigenvalue weighted by atomic mass is 10.1. The van der Waals surface area contributed by atoms with Crippen LogP contribution in [0, 0.1) is 5.82 Å². The number of aryl methyl sites for hydroxylation is 1. The number of rotatable bonds is 3. The Labute approximate surface area is 105 Å². The summed E-state index contributed by atoms with van der Waals surface area (Å²) in [6.45, 7) is 1.98. The molecule has 0 heterocycles. The second kappa shape index (κ2) is 6.58. The molecule has 18 heavy (non-hydrogen) atoms. The Morgan fingerprint density at radius 2 is 2.22 bits per heavy atom. The van der Waals surface area contributed by atoms with Gasteiger partial charge >= 0.3 is 6.03 Å². The molecule has 0 fully saturated rings. The molecule has 98 valence electrons. The molecule has 0 aromatic heterocycles. The molecule has 0 bridgehead atoms. The summed E-state index contributed by atoms with van der Waals surface area (Å²) >= 11 is 0. The minimum absolute atomic E-state index is 0.0270. The minimum atomic E-state index is -0.611. The highest BCUT2D eigenvalue weighted by molar-refractivity contribution is 6.02. The van der Waals surface area contributed by atoms with E-state index in [9.17, 15) is 9.18 Å². The van der Waals surface area contributed by atoms with Gasteiger partial charge in [-0.2, -0.15) is 0 Å². The molecule has 0 aliphatic heterocycles. The van der Waals surface area contributed by atoms with Crippen LogP contribution in [0.4, 0.5) is 14.9 Å². The van der Waals surface area contributed by atoms with Crippen LogP contribution in [0.5, 0.6) is 0 Å². The summed E-state index contributed by atoms with van der Waals surface area (Å²) in [4.78, 5) is 15.1. The molecule has 1 aromatic carbocycles. The molecule has 0 unspecified atom stereocenters. The third-order valence-corrected chi connectivity index (χ3v) is 2.34. The standard InChI is InChI=1S/C12H17FN4O/c1-3-5-8-6-4-7-9(13)10(8)16-12(18)17-11(14)15-2/h4,6-7H,3,5H2,1-2H3,(H4,14,15,16,17,18). The van der Waals surface area contributed by atoms with Gasteiger partial charge in [0.1, 0.15) is 5.82 Å². The molecule has 0 saturated carbocycles. The fourth-order valence-corrected chi connectivity index (χ4v) is 1.50. The number of para-hydroxylation sites is 1. The van der Waals surface area contributed by atoms with E-state index in [1.807, 2.05) is 6.92 Å². The largest absolute Gasteiger partial charge is 0.370 e. The normalized spacial score (nSPS) is 11.2. The van der Waals surface area contributed by atoms with Gasteiger partial charge in [-0.05, 0) is 18.1 Å². The van der Waals surface area contributed by atoms with Crippen LogP contribution in [0.15, 0.2) is 23.2 Å². The Hall–Kier alpha value is -2.11. The highest BCUT2D eigenvalue weighted by Crippen LogP contribution is 2.21. The smallest absolute Gasteiger partial charge is 0.326 e. The van der Waals surface area contributed by atoms with Gasteiger partial charge in [-0.15, -0.1) is 0 Å². The Morgan fingerprint density at radius 1 is 1.50 bits per heavy atom. The first-order chi connectivity index (χ1) is 8.58. The van der Waals surface area contributed by atoms with Crippen LogP contribution in [0.2, 0.25) is 0 Å². The number of carbonyl (C=O) groups is 1. The van der Waals surface area contributed by atoms with Crippen LogP contribution in [0.25, 0.3) is 0 Å². The molecule has 0 aliphatic rings. The van der Waals surface area contributed by atoms with Gasteiger partial charge in [-0.1, -0.05) is 25.5 Å². The predicted molar refractivity (Wildman–Crippen MR) is 70.1 cm³/mol. The van der Waals surface area contributed by atoms with Gasteiger partial charge in [0, 0.05) is 7.05 Å². The number of halogens is 1. The topological polar surface area (TPSA) is 79.5 Å². The summed E-state index contributed by atoms with van der Waals surface area (Å²) in [6, 6.07) is 4.08. The van der Waals surface area contributed by atoms with Crippen LogP contribution in [0.3, 0.4) is 0 Å². The van der Waals surface area contributed by atoms with Gasteiger partial charge in [-0.25, -0.2) is 9.18 Å². The van der Waals surface area contributed by atoms with Crippen molar-refractivity contribution in [3.8, 4) is 0 Å². The first-order valence-corrected chi connectivity index (χ1v) is 5.66. The van der Waals surface area contributed by atoms with Crippen molar-refractivity contribution in [1.82, 2.24) is 5.32 Å². The zero-order valence-electron chi connectivity index (χ0n) is 10.5. The lowest BCUT2D eigenvalue weighted by molar-refractivity contribution is 0.256. The van der Waals surface area contributed by atoms with Gasteiger partial charge in [0.15, 0.2) is 5.96 Å². The maximum absolute atomic E-state index is 13.6. The maximum Gasteiger partial charge on any atom is 0.326 e. The van der Waals surface area contributed by atoms with Crippen molar-refractivity contribution in [3.63, 3.8) is 0 Å². The monoisotopic (exact) mass is 252 g/mol. The van der Waals surface area contributed by atoms with E-state index >= 15 is 0 Å². The number of urea groups is 1. The summed E-state index contributed by atoms with van der Waals surface area (Å²) in [5.41, 5.74) is 6.28. The molecule has 6 heteroatoms. The van der Waals surface area contributed by atoms with E-state index in [0.29, 0.717) is 6.42 Å². The summed E-state index contributed by atoms with van der Waals surface area (Å²) in [6.07, 6.45) is 1.54. The van der Waals surface area contributed by atoms with Crippen molar-refractivity contribution >= 4 is 17.7 Å². The second-order valence-corrected chi connectivity index (χ2v) is 3.71. The average Bonchev–Trinajstić information content (AvgIpc) is 2.33. The van der Waals surface area contributed by atoms with Gasteiger partial charge in [0.25, 0.3) is 0 Å². The fraction of sp³-hybridized carbons (Fsp3) is 0.333. The van der Waals surface area contributed by atoms with E-state index in [2.05, 4.69) is 15.6 Å². The predicted octanol–water partition coefficient (Wildman–Crippen LogP) is 1.84. The first-order valence-electron chi connectivity index (χ1n) is 5.66. The van der Waals surface area contributed by atoms with Crippen molar-refractivity contribution in [1.29, 1.82) is 0 Å². The molecule has 0 spiro atoms. The average molecular weight is 252 g/mol. The van der Waals surface area contributed by atoms with Crippen molar-refractivity contribution in [3.05, 3.63) is 29.6 Å². The Morgan fingerprint density at radius 3 is 2.83 bits per heavy atom. The van der Waals surface area contributed by atoms with Crippen LogP contribution in [-0.4, -0.2) is 19.0 Å². The molecule has 1 aromatic rings. The Bertz CT molecular complexity index is 459. The number of anilines is 1. The SMILES string of the molecule is CCCc1cccc(F)c1NC(=O)NC(N)=NC. The minimum Gasteiger partial charge on any atom is -0.370 e. The highest BCUT2D eigenvalue weighted by atomic mass is 19.1. The number of nitrogens with zero attached hydrogens (tertiary/aromatic N) is 1. The maximum atomic E-state index is 13.6. The van der Waals surface area contributed by atoms with Crippen molar-refractivity contribution in [2.45, 2.75) is 19.8 Å². The quantitative estimate of drug-likeness (QED) is 0.567. The molecule has 0 aliphatic carbocycles. The first kappa shape index (κ1) is 14.0. The molecule has 2 amide bonds. The van der Waals surface area contributed by atoms with Crippen LogP contribution in [0.1, 0.15) is 18.9 Å². The number of hydrogen-bond acceptors (Lipinski definition) is 2. The molecular formula is C12H17FN4O. The fourth-order valence-electron chi connectivity index (χ4n) is 1.50. The summed E-state index contributed by atoms with van der Waals surface area (Å²) < 4.78 is 13.6. The van der Waals surface area contributed by atoms with Gasteiger partial charge in [-0.3, -0.25) is 10.3 Å². The third-order valence-electron chi connectivity index (χ3n) is 2.34. The number of nitrogens with one attached hydrogen (secondary N) is 2. The van der Waals surface area contributed by atoms with E-state index < -0.39 is 11.8 Å². The van der Waals surface area contributed by atoms with E-state index in [1.165, 1.54) is 13.1 Å². The van der Waals surface area contributed by atoms with Gasteiger partial charge in [0.05, 0.1) is 5.69 Å². The Kier molecular flexibility index (Phi) is 5.10. The lowest BCUT2D eigenvalue weighted by Gasteiger charge is -2.12. The number of amides is 2. The molecule has 0 saturated heterocycles. The zero-order valence-corrected chi connectivity index (χ0v) is 10.5. The number of nitrogens with two attached hydrogens (primary N) is 1. The molecular weight excluding hydrogens is 235 g/mol. The highest BCUT2D eigenvalue weighted by Gasteiger charge is 2.11. The molecule has 4 N–H and O–H groups in total. The summed E-state index contributed by atoms with van der Waals surface area (Å²) in [5.74, 6) is -0.496. The number of benzene rings is 1. The van der Waals surface area contributed by atoms with Crippen molar-refractivity contribution in [2.75, 3.05) is 12.4 Å². The van der Waals surface area contributed by atoms with Crippen molar-refractivity contribution in [2.24, 2.45) is 10.7 Å². The number of aliphatic imine (C=N–C) groups is 1. The van der Waals surface area contributed by atoms with Gasteiger partial charge < -0.3 is 11.1 Å². The van der Waals surface area contributed by atoms with Crippen LogP contribution >= 0.6 is 0 Å². The summed E-state index contributed by atoms with van der Waals surface area (Å²) in [5, 5.41) is 4.73. The van der Waals surface area contributed by atoms with Crippen LogP contribution in [-0.2, 0) is 6.42 Å². The Balaban J connectivity index is 2.86. The second-order valence-electron chi connectivity index (χ2n) is 3.71. The summed E-state index contributed by atoms with van der Waals surface area (Å²) in [7, 11) is 1.45. The van der Waals surface area contributed by atoms with E-state index in [4.69, 9.17) is 5.73 Å². The number of hydrogen-bond donors (Lipinski definition) is 3. The van der Waals surface area contributed by atoms with Gasteiger partial charge in [0.2, 0.25) is 0 Å². The molecule has 1 rings (SSSR count). The number of guanidine groups is 1. The number of carbonyl (C=O) groups excluding carboxylic acids is 1. The van der Waals surface area contributed by atoms with Crippen molar-refractivity contribution < 1.29 is 9.18 Å². The molecule has 0 radical (unpaired) electrons. The molecule has 5 nitrogen and oxygen atoms in total. The third kappa shape index (κ3) is 3.73. The lowest BCUT2D eigenvalue weighted by Crippen LogP contribution is -2.39. The van der Waals surface area contributed by atoms with Crippen LogP contribution < -0.4 is 16.4 Å².